The molecule has 0 aliphatic heterocycles. The van der Waals surface area contributed by atoms with Crippen LogP contribution in [0, 0.1) is 0 Å². The molecular formula is C51H36N2O. The van der Waals surface area contributed by atoms with Crippen molar-refractivity contribution in [2.45, 2.75) is 19.3 Å². The fraction of sp³-hybridized carbons (Fsp3) is 0.0588. The third kappa shape index (κ3) is 4.48. The van der Waals surface area contributed by atoms with E-state index in [9.17, 15) is 0 Å². The van der Waals surface area contributed by atoms with Gasteiger partial charge in [0.2, 0.25) is 0 Å². The van der Waals surface area contributed by atoms with Gasteiger partial charge in [0.25, 0.3) is 0 Å². The van der Waals surface area contributed by atoms with Gasteiger partial charge in [-0.1, -0.05) is 129 Å². The highest BCUT2D eigenvalue weighted by atomic mass is 16.3. The Balaban J connectivity index is 1.01. The first kappa shape index (κ1) is 30.8. The Labute approximate surface area is 314 Å². The molecule has 0 saturated heterocycles. The molecule has 0 atom stereocenters. The molecule has 256 valence electrons. The molecular weight excluding hydrogens is 657 g/mol. The molecule has 2 aromatic heterocycles. The van der Waals surface area contributed by atoms with Crippen LogP contribution in [0.15, 0.2) is 186 Å². The molecule has 54 heavy (non-hydrogen) atoms. The molecule has 3 nitrogen and oxygen atoms in total. The van der Waals surface area contributed by atoms with E-state index in [-0.39, 0.29) is 5.41 Å². The number of fused-ring (bicyclic) bond motifs is 9. The Morgan fingerprint density at radius 3 is 1.96 bits per heavy atom. The summed E-state index contributed by atoms with van der Waals surface area (Å²) in [6.45, 7) is 4.69. The van der Waals surface area contributed by atoms with Crippen molar-refractivity contribution < 1.29 is 4.42 Å². The van der Waals surface area contributed by atoms with Crippen LogP contribution in [0.1, 0.15) is 25.0 Å². The van der Waals surface area contributed by atoms with Crippen LogP contribution in [0.4, 0.5) is 17.1 Å². The van der Waals surface area contributed by atoms with Crippen molar-refractivity contribution in [3.8, 4) is 27.9 Å². The van der Waals surface area contributed by atoms with Gasteiger partial charge in [-0.2, -0.15) is 0 Å². The molecule has 0 spiro atoms. The minimum atomic E-state index is -0.0749. The maximum atomic E-state index is 6.51. The molecule has 0 amide bonds. The largest absolute Gasteiger partial charge is 0.454 e. The topological polar surface area (TPSA) is 21.3 Å². The Hall–Kier alpha value is -6.84. The minimum Gasteiger partial charge on any atom is -0.454 e. The number of aromatic nitrogens is 1. The van der Waals surface area contributed by atoms with Crippen LogP contribution in [-0.2, 0) is 5.41 Å². The summed E-state index contributed by atoms with van der Waals surface area (Å²) in [6, 6.07) is 65.8. The normalized spacial score (nSPS) is 13.1. The summed E-state index contributed by atoms with van der Waals surface area (Å²) in [4.78, 5) is 2.37. The lowest BCUT2D eigenvalue weighted by molar-refractivity contribution is 0.660. The van der Waals surface area contributed by atoms with Crippen molar-refractivity contribution in [2.24, 2.45) is 0 Å². The smallest absolute Gasteiger partial charge is 0.159 e. The average Bonchev–Trinajstić information content (AvgIpc) is 3.84. The first-order chi connectivity index (χ1) is 26.5. The SMILES string of the molecule is CC1(C)c2ccccc2-c2ccc(N(c3ccccc3)c3ccc(-c4ccc5c(c4)c4ccccc4n5-c4cccc5c4oc4ccccc45)cc3)cc21. The molecule has 1 aliphatic rings. The Bertz CT molecular complexity index is 3070. The molecule has 2 heterocycles. The lowest BCUT2D eigenvalue weighted by atomic mass is 9.82. The third-order valence-electron chi connectivity index (χ3n) is 11.6. The predicted octanol–water partition coefficient (Wildman–Crippen LogP) is 14.1. The number of anilines is 3. The summed E-state index contributed by atoms with van der Waals surface area (Å²) < 4.78 is 8.87. The second kappa shape index (κ2) is 11.6. The summed E-state index contributed by atoms with van der Waals surface area (Å²) in [5.41, 5.74) is 16.3. The molecule has 0 fully saturated rings. The van der Waals surface area contributed by atoms with Crippen LogP contribution in [0.5, 0.6) is 0 Å². The van der Waals surface area contributed by atoms with E-state index in [1.165, 1.54) is 44.2 Å². The molecule has 0 radical (unpaired) electrons. The molecule has 8 aromatic carbocycles. The standard InChI is InChI=1S/C51H36N2O/c1-51(2)44-19-9-6-15-38(44)39-29-28-37(32-45(39)51)52(35-13-4-3-5-14-35)36-26-23-33(24-27-36)34-25-30-47-43(31-34)40-16-7-10-20-46(40)53(47)48-21-12-18-42-41-17-8-11-22-49(41)54-50(42)48/h3-32H,1-2H3. The Morgan fingerprint density at radius 2 is 1.09 bits per heavy atom. The van der Waals surface area contributed by atoms with Crippen LogP contribution < -0.4 is 4.90 Å². The third-order valence-corrected chi connectivity index (χ3v) is 11.6. The van der Waals surface area contributed by atoms with Crippen molar-refractivity contribution in [1.29, 1.82) is 0 Å². The minimum absolute atomic E-state index is 0.0749. The van der Waals surface area contributed by atoms with Crippen LogP contribution in [0.25, 0.3) is 71.7 Å². The van der Waals surface area contributed by atoms with Gasteiger partial charge in [-0.3, -0.25) is 0 Å². The average molecular weight is 693 g/mol. The van der Waals surface area contributed by atoms with E-state index in [2.05, 4.69) is 193 Å². The molecule has 0 unspecified atom stereocenters. The molecule has 3 heteroatoms. The van der Waals surface area contributed by atoms with E-state index in [0.717, 1.165) is 55.7 Å². The molecule has 0 saturated carbocycles. The van der Waals surface area contributed by atoms with Crippen LogP contribution in [-0.4, -0.2) is 4.57 Å². The zero-order valence-corrected chi connectivity index (χ0v) is 30.1. The maximum Gasteiger partial charge on any atom is 0.159 e. The van der Waals surface area contributed by atoms with Gasteiger partial charge in [0, 0.05) is 44.0 Å². The fourth-order valence-electron chi connectivity index (χ4n) is 8.98. The number of furan rings is 1. The summed E-state index contributed by atoms with van der Waals surface area (Å²) >= 11 is 0. The number of hydrogen-bond acceptors (Lipinski definition) is 2. The molecule has 1 aliphatic carbocycles. The van der Waals surface area contributed by atoms with Gasteiger partial charge >= 0.3 is 0 Å². The van der Waals surface area contributed by atoms with Crippen molar-refractivity contribution in [1.82, 2.24) is 4.57 Å². The van der Waals surface area contributed by atoms with E-state index in [1.807, 2.05) is 12.1 Å². The highest BCUT2D eigenvalue weighted by molar-refractivity contribution is 6.13. The van der Waals surface area contributed by atoms with Gasteiger partial charge in [0.15, 0.2) is 5.58 Å². The lowest BCUT2D eigenvalue weighted by Gasteiger charge is -2.28. The maximum absolute atomic E-state index is 6.51. The lowest BCUT2D eigenvalue weighted by Crippen LogP contribution is -2.16. The highest BCUT2D eigenvalue weighted by Crippen LogP contribution is 2.50. The first-order valence-electron chi connectivity index (χ1n) is 18.7. The number of nitrogens with zero attached hydrogens (tertiary/aromatic N) is 2. The molecule has 0 bridgehead atoms. The number of para-hydroxylation sites is 4. The van der Waals surface area contributed by atoms with Gasteiger partial charge in [0.1, 0.15) is 5.58 Å². The summed E-state index contributed by atoms with van der Waals surface area (Å²) in [7, 11) is 0. The summed E-state index contributed by atoms with van der Waals surface area (Å²) in [5.74, 6) is 0. The predicted molar refractivity (Wildman–Crippen MR) is 226 cm³/mol. The Kier molecular flexibility index (Phi) is 6.60. The van der Waals surface area contributed by atoms with Crippen LogP contribution >= 0.6 is 0 Å². The summed E-state index contributed by atoms with van der Waals surface area (Å²) in [6.07, 6.45) is 0. The fourth-order valence-corrected chi connectivity index (χ4v) is 8.98. The van der Waals surface area contributed by atoms with Crippen molar-refractivity contribution in [2.75, 3.05) is 4.90 Å². The monoisotopic (exact) mass is 692 g/mol. The number of hydrogen-bond donors (Lipinski definition) is 0. The van der Waals surface area contributed by atoms with Crippen LogP contribution in [0.2, 0.25) is 0 Å². The zero-order valence-electron chi connectivity index (χ0n) is 30.1. The second-order valence-corrected chi connectivity index (χ2v) is 15.0. The Morgan fingerprint density at radius 1 is 0.444 bits per heavy atom. The molecule has 10 aromatic rings. The highest BCUT2D eigenvalue weighted by Gasteiger charge is 2.35. The van der Waals surface area contributed by atoms with Crippen molar-refractivity contribution in [3.63, 3.8) is 0 Å². The van der Waals surface area contributed by atoms with E-state index < -0.39 is 0 Å². The first-order valence-corrected chi connectivity index (χ1v) is 18.7. The van der Waals surface area contributed by atoms with E-state index in [0.29, 0.717) is 0 Å². The molecule has 11 rings (SSSR count). The number of rotatable bonds is 5. The van der Waals surface area contributed by atoms with Gasteiger partial charge < -0.3 is 13.9 Å². The van der Waals surface area contributed by atoms with Crippen LogP contribution in [0.3, 0.4) is 0 Å². The van der Waals surface area contributed by atoms with Gasteiger partial charge in [-0.05, 0) is 100 Å². The van der Waals surface area contributed by atoms with Gasteiger partial charge in [-0.15, -0.1) is 0 Å². The van der Waals surface area contributed by atoms with Gasteiger partial charge in [0.05, 0.1) is 16.7 Å². The zero-order chi connectivity index (χ0) is 36.0. The van der Waals surface area contributed by atoms with Crippen molar-refractivity contribution >= 4 is 60.8 Å². The summed E-state index contributed by atoms with van der Waals surface area (Å²) in [5, 5.41) is 4.70. The van der Waals surface area contributed by atoms with E-state index in [4.69, 9.17) is 4.42 Å². The van der Waals surface area contributed by atoms with E-state index in [1.54, 1.807) is 0 Å². The van der Waals surface area contributed by atoms with Crippen molar-refractivity contribution in [3.05, 3.63) is 193 Å². The molecule has 0 N–H and O–H groups in total. The quantitative estimate of drug-likeness (QED) is 0.179. The van der Waals surface area contributed by atoms with Gasteiger partial charge in [-0.25, -0.2) is 0 Å². The van der Waals surface area contributed by atoms with E-state index >= 15 is 0 Å². The second-order valence-electron chi connectivity index (χ2n) is 15.0. The number of benzene rings is 8.